The largest absolute Gasteiger partial charge is 0.506 e. The van der Waals surface area contributed by atoms with Crippen molar-refractivity contribution in [3.05, 3.63) is 18.2 Å². The van der Waals surface area contributed by atoms with Gasteiger partial charge in [0.2, 0.25) is 21.8 Å². The monoisotopic (exact) mass is 445 g/mol. The van der Waals surface area contributed by atoms with Crippen LogP contribution < -0.4 is 10.0 Å². The molecule has 1 atom stereocenters. The molecule has 168 valence electrons. The number of hydroxylamine groups is 2. The molecule has 0 aliphatic carbocycles. The number of aromatic hydroxyl groups is 1. The second-order valence-electron chi connectivity index (χ2n) is 7.35. The van der Waals surface area contributed by atoms with Crippen LogP contribution >= 0.6 is 0 Å². The number of anilines is 1. The van der Waals surface area contributed by atoms with E-state index in [2.05, 4.69) is 10.0 Å². The number of nitrogens with one attached hydrogen (secondary N) is 2. The molecule has 30 heavy (non-hydrogen) atoms. The van der Waals surface area contributed by atoms with Crippen LogP contribution in [0.3, 0.4) is 0 Å². The Bertz CT molecular complexity index is 908. The van der Waals surface area contributed by atoms with Crippen molar-refractivity contribution in [2.75, 3.05) is 19.5 Å². The second kappa shape index (κ2) is 9.87. The Morgan fingerprint density at radius 3 is 2.30 bits per heavy atom. The molecule has 0 saturated heterocycles. The highest BCUT2D eigenvalue weighted by Crippen LogP contribution is 2.26. The minimum Gasteiger partial charge on any atom is -0.506 e. The predicted molar refractivity (Wildman–Crippen MR) is 107 cm³/mol. The molecule has 0 aromatic heterocycles. The van der Waals surface area contributed by atoms with Crippen molar-refractivity contribution in [2.24, 2.45) is 0 Å². The van der Waals surface area contributed by atoms with Crippen molar-refractivity contribution < 1.29 is 37.5 Å². The van der Waals surface area contributed by atoms with Crippen LogP contribution in [0.15, 0.2) is 23.1 Å². The summed E-state index contributed by atoms with van der Waals surface area (Å²) in [6, 6.07) is 1.79. The van der Waals surface area contributed by atoms with E-state index in [1.165, 1.54) is 27.1 Å². The lowest BCUT2D eigenvalue weighted by Crippen LogP contribution is -2.46. The summed E-state index contributed by atoms with van der Waals surface area (Å²) in [4.78, 5) is 40.0. The van der Waals surface area contributed by atoms with E-state index >= 15 is 0 Å². The normalized spacial score (nSPS) is 12.7. The van der Waals surface area contributed by atoms with Gasteiger partial charge in [-0.15, -0.1) is 0 Å². The van der Waals surface area contributed by atoms with Crippen LogP contribution in [-0.4, -0.2) is 62.2 Å². The van der Waals surface area contributed by atoms with Crippen LogP contribution in [-0.2, 0) is 34.0 Å². The quantitative estimate of drug-likeness (QED) is 0.392. The summed E-state index contributed by atoms with van der Waals surface area (Å²) in [5, 5.41) is 13.3. The van der Waals surface area contributed by atoms with E-state index in [0.717, 1.165) is 17.2 Å². The van der Waals surface area contributed by atoms with Gasteiger partial charge in [-0.2, -0.15) is 4.72 Å². The molecule has 0 saturated carbocycles. The van der Waals surface area contributed by atoms with Gasteiger partial charge in [0, 0.05) is 25.7 Å². The van der Waals surface area contributed by atoms with Crippen LogP contribution in [0, 0.1) is 0 Å². The van der Waals surface area contributed by atoms with Crippen LogP contribution in [0.5, 0.6) is 5.75 Å². The number of carbonyl (C=O) groups is 3. The van der Waals surface area contributed by atoms with Gasteiger partial charge in [0.05, 0.1) is 13.5 Å². The van der Waals surface area contributed by atoms with E-state index in [9.17, 15) is 27.9 Å². The highest BCUT2D eigenvalue weighted by molar-refractivity contribution is 7.89. The Morgan fingerprint density at radius 2 is 1.83 bits per heavy atom. The Kier molecular flexibility index (Phi) is 8.34. The van der Waals surface area contributed by atoms with Gasteiger partial charge in [-0.25, -0.2) is 13.5 Å². The first-order valence-electron chi connectivity index (χ1n) is 8.82. The third-order valence-electron chi connectivity index (χ3n) is 3.56. The molecular weight excluding hydrogens is 418 g/mol. The number of rotatable bonds is 8. The van der Waals surface area contributed by atoms with E-state index in [-0.39, 0.29) is 5.69 Å². The van der Waals surface area contributed by atoms with Crippen molar-refractivity contribution in [3.8, 4) is 5.75 Å². The number of nitrogens with zero attached hydrogens (tertiary/aromatic N) is 1. The standard InChI is InChI=1S/C18H27N3O8S/c1-11(22)19-12-7-8-15(14(23)9-12)30(26,27)20-13(10-16(24)21(5)28-6)17(25)29-18(2,3)4/h7-9,13,20,23H,10H2,1-6H3,(H,19,22). The summed E-state index contributed by atoms with van der Waals surface area (Å²) in [5.74, 6) is -2.72. The third-order valence-corrected chi connectivity index (χ3v) is 5.08. The summed E-state index contributed by atoms with van der Waals surface area (Å²) in [5.41, 5.74) is -0.751. The highest BCUT2D eigenvalue weighted by Gasteiger charge is 2.33. The van der Waals surface area contributed by atoms with Crippen molar-refractivity contribution in [1.29, 1.82) is 0 Å². The Morgan fingerprint density at radius 1 is 1.23 bits per heavy atom. The molecule has 1 rings (SSSR count). The number of ether oxygens (including phenoxy) is 1. The molecule has 0 fully saturated rings. The Balaban J connectivity index is 3.21. The number of benzene rings is 1. The smallest absolute Gasteiger partial charge is 0.325 e. The third kappa shape index (κ3) is 7.61. The summed E-state index contributed by atoms with van der Waals surface area (Å²) in [6.45, 7) is 6.02. The molecule has 0 spiro atoms. The van der Waals surface area contributed by atoms with E-state index in [4.69, 9.17) is 9.57 Å². The Hall–Kier alpha value is -2.70. The van der Waals surface area contributed by atoms with Gasteiger partial charge < -0.3 is 15.2 Å². The number of phenols is 1. The molecule has 11 nitrogen and oxygen atoms in total. The molecule has 0 radical (unpaired) electrons. The lowest BCUT2D eigenvalue weighted by atomic mass is 10.1. The van der Waals surface area contributed by atoms with Gasteiger partial charge in [0.15, 0.2) is 0 Å². The average molecular weight is 445 g/mol. The summed E-state index contributed by atoms with van der Waals surface area (Å²) in [6.07, 6.45) is -0.580. The van der Waals surface area contributed by atoms with Crippen molar-refractivity contribution in [1.82, 2.24) is 9.79 Å². The molecule has 0 aliphatic heterocycles. The van der Waals surface area contributed by atoms with Gasteiger partial charge >= 0.3 is 5.97 Å². The molecule has 0 aliphatic rings. The minimum absolute atomic E-state index is 0.180. The number of esters is 1. The van der Waals surface area contributed by atoms with Crippen molar-refractivity contribution in [3.63, 3.8) is 0 Å². The second-order valence-corrected chi connectivity index (χ2v) is 9.03. The fourth-order valence-electron chi connectivity index (χ4n) is 2.23. The van der Waals surface area contributed by atoms with E-state index in [1.807, 2.05) is 0 Å². The number of amides is 2. The molecule has 0 bridgehead atoms. The maximum absolute atomic E-state index is 12.8. The number of sulfonamides is 1. The summed E-state index contributed by atoms with van der Waals surface area (Å²) < 4.78 is 32.8. The number of carbonyl (C=O) groups excluding carboxylic acids is 3. The fourth-order valence-corrected chi connectivity index (χ4v) is 3.49. The van der Waals surface area contributed by atoms with Gasteiger partial charge in [-0.1, -0.05) is 0 Å². The van der Waals surface area contributed by atoms with E-state index in [1.54, 1.807) is 20.8 Å². The topological polar surface area (TPSA) is 151 Å². The molecular formula is C18H27N3O8S. The van der Waals surface area contributed by atoms with Gasteiger partial charge in [0.25, 0.3) is 0 Å². The zero-order valence-electron chi connectivity index (χ0n) is 17.7. The average Bonchev–Trinajstić information content (AvgIpc) is 2.57. The number of hydrogen-bond acceptors (Lipinski definition) is 8. The molecule has 1 aromatic rings. The van der Waals surface area contributed by atoms with Crippen LogP contribution in [0.4, 0.5) is 5.69 Å². The highest BCUT2D eigenvalue weighted by atomic mass is 32.2. The lowest BCUT2D eigenvalue weighted by molar-refractivity contribution is -0.172. The molecule has 1 aromatic carbocycles. The van der Waals surface area contributed by atoms with E-state index in [0.29, 0.717) is 0 Å². The molecule has 12 heteroatoms. The zero-order chi connectivity index (χ0) is 23.3. The summed E-state index contributed by atoms with van der Waals surface area (Å²) >= 11 is 0. The first kappa shape index (κ1) is 25.3. The minimum atomic E-state index is -4.44. The predicted octanol–water partition coefficient (Wildman–Crippen LogP) is 0.749. The summed E-state index contributed by atoms with van der Waals surface area (Å²) in [7, 11) is -1.90. The van der Waals surface area contributed by atoms with Gasteiger partial charge in [-0.05, 0) is 32.9 Å². The van der Waals surface area contributed by atoms with Gasteiger partial charge in [-0.3, -0.25) is 19.2 Å². The van der Waals surface area contributed by atoms with Gasteiger partial charge in [0.1, 0.15) is 22.3 Å². The fraction of sp³-hybridized carbons (Fsp3) is 0.500. The first-order chi connectivity index (χ1) is 13.7. The van der Waals surface area contributed by atoms with Crippen LogP contribution in [0.2, 0.25) is 0 Å². The molecule has 3 N–H and O–H groups in total. The van der Waals surface area contributed by atoms with Crippen molar-refractivity contribution >= 4 is 33.5 Å². The molecule has 1 unspecified atom stereocenters. The SMILES string of the molecule is CON(C)C(=O)CC(NS(=O)(=O)c1ccc(NC(C)=O)cc1O)C(=O)OC(C)(C)C. The number of phenolic OH excluding ortho intramolecular Hbond substituents is 1. The van der Waals surface area contributed by atoms with Crippen LogP contribution in [0.25, 0.3) is 0 Å². The Labute approximate surface area is 175 Å². The molecule has 2 amide bonds. The van der Waals surface area contributed by atoms with E-state index < -0.39 is 56.5 Å². The first-order valence-corrected chi connectivity index (χ1v) is 10.3. The maximum atomic E-state index is 12.8. The lowest BCUT2D eigenvalue weighted by Gasteiger charge is -2.25. The number of hydrogen-bond donors (Lipinski definition) is 3. The van der Waals surface area contributed by atoms with Crippen molar-refractivity contribution in [2.45, 2.75) is 50.7 Å². The molecule has 0 heterocycles. The maximum Gasteiger partial charge on any atom is 0.325 e. The van der Waals surface area contributed by atoms with Crippen LogP contribution in [0.1, 0.15) is 34.1 Å². The zero-order valence-corrected chi connectivity index (χ0v) is 18.5.